The summed E-state index contributed by atoms with van der Waals surface area (Å²) >= 11 is 1.67. The minimum atomic E-state index is -0.815. The van der Waals surface area contributed by atoms with E-state index < -0.39 is 11.4 Å². The molecule has 0 heterocycles. The molecule has 0 spiro atoms. The molecule has 1 saturated carbocycles. The van der Waals surface area contributed by atoms with Crippen molar-refractivity contribution in [2.45, 2.75) is 25.0 Å². The largest absolute Gasteiger partial charge is 0.481 e. The number of carboxylic acid groups (broad SMARTS) is 1. The van der Waals surface area contributed by atoms with Crippen LogP contribution in [0.2, 0.25) is 0 Å². The number of nitrogens with one attached hydrogen (secondary N) is 2. The third-order valence-corrected chi connectivity index (χ3v) is 3.82. The van der Waals surface area contributed by atoms with Crippen LogP contribution in [0.1, 0.15) is 19.8 Å². The third-order valence-electron chi connectivity index (χ3n) is 2.85. The number of hydrogen-bond acceptors (Lipinski definition) is 3. The number of thioether (sulfide) groups is 1. The van der Waals surface area contributed by atoms with Crippen LogP contribution in [-0.4, -0.2) is 41.7 Å². The summed E-state index contributed by atoms with van der Waals surface area (Å²) in [4.78, 5) is 22.2. The molecule has 16 heavy (non-hydrogen) atoms. The van der Waals surface area contributed by atoms with Gasteiger partial charge in [-0.3, -0.25) is 4.79 Å². The lowest BCUT2D eigenvalue weighted by Gasteiger charge is -2.13. The molecule has 0 aromatic rings. The number of carbonyl (C=O) groups excluding carboxylic acids is 1. The number of carbonyl (C=O) groups is 2. The Morgan fingerprint density at radius 2 is 2.06 bits per heavy atom. The molecule has 1 aliphatic carbocycles. The minimum absolute atomic E-state index is 0.224. The number of hydrogen-bond donors (Lipinski definition) is 3. The lowest BCUT2D eigenvalue weighted by atomic mass is 10.1. The summed E-state index contributed by atoms with van der Waals surface area (Å²) in [6.45, 7) is 2.83. The molecular weight excluding hydrogens is 228 g/mol. The molecule has 0 bridgehead atoms. The zero-order valence-corrected chi connectivity index (χ0v) is 10.4. The highest BCUT2D eigenvalue weighted by atomic mass is 32.2. The van der Waals surface area contributed by atoms with Gasteiger partial charge in [0.25, 0.3) is 0 Å². The van der Waals surface area contributed by atoms with E-state index in [9.17, 15) is 9.59 Å². The normalized spacial score (nSPS) is 18.6. The third kappa shape index (κ3) is 3.59. The molecule has 1 fully saturated rings. The van der Waals surface area contributed by atoms with Gasteiger partial charge in [-0.1, -0.05) is 6.92 Å². The lowest BCUT2D eigenvalue weighted by molar-refractivity contribution is -0.143. The van der Waals surface area contributed by atoms with Crippen LogP contribution in [0.5, 0.6) is 0 Å². The summed E-state index contributed by atoms with van der Waals surface area (Å²) in [5.74, 6) is -0.815. The Kier molecular flexibility index (Phi) is 4.46. The van der Waals surface area contributed by atoms with Gasteiger partial charge >= 0.3 is 12.0 Å². The molecule has 6 heteroatoms. The van der Waals surface area contributed by atoms with Crippen molar-refractivity contribution in [3.63, 3.8) is 0 Å². The summed E-state index contributed by atoms with van der Waals surface area (Å²) in [5.41, 5.74) is -0.692. The van der Waals surface area contributed by atoms with Crippen LogP contribution in [-0.2, 0) is 4.79 Å². The van der Waals surface area contributed by atoms with Crippen molar-refractivity contribution < 1.29 is 14.7 Å². The zero-order chi connectivity index (χ0) is 12.2. The summed E-state index contributed by atoms with van der Waals surface area (Å²) in [6, 6.07) is -0.284. The first-order valence-electron chi connectivity index (χ1n) is 5.28. The quantitative estimate of drug-likeness (QED) is 0.650. The Hall–Kier alpha value is -0.910. The SMILES string of the molecule is CSC(C)CNC(=O)NCC1(C(=O)O)CC1. The van der Waals surface area contributed by atoms with Crippen LogP contribution in [0.4, 0.5) is 4.79 Å². The van der Waals surface area contributed by atoms with E-state index in [1.165, 1.54) is 0 Å². The maximum atomic E-state index is 11.3. The number of carboxylic acids is 1. The molecule has 0 aliphatic heterocycles. The molecule has 1 rings (SSSR count). The van der Waals surface area contributed by atoms with E-state index in [4.69, 9.17) is 5.11 Å². The van der Waals surface area contributed by atoms with Crippen LogP contribution in [0.3, 0.4) is 0 Å². The fourth-order valence-corrected chi connectivity index (χ4v) is 1.50. The molecular formula is C10H18N2O3S. The topological polar surface area (TPSA) is 78.4 Å². The zero-order valence-electron chi connectivity index (χ0n) is 9.58. The summed E-state index contributed by atoms with van der Waals surface area (Å²) in [7, 11) is 0. The van der Waals surface area contributed by atoms with Gasteiger partial charge in [-0.2, -0.15) is 11.8 Å². The lowest BCUT2D eigenvalue weighted by Crippen LogP contribution is -2.42. The second-order valence-electron chi connectivity index (χ2n) is 4.20. The molecule has 1 atom stereocenters. The molecule has 3 N–H and O–H groups in total. The summed E-state index contributed by atoms with van der Waals surface area (Å²) < 4.78 is 0. The Bertz CT molecular complexity index is 279. The van der Waals surface area contributed by atoms with E-state index in [1.807, 2.05) is 13.2 Å². The van der Waals surface area contributed by atoms with E-state index in [0.29, 0.717) is 24.6 Å². The maximum absolute atomic E-state index is 11.3. The van der Waals surface area contributed by atoms with Crippen LogP contribution in [0.15, 0.2) is 0 Å². The van der Waals surface area contributed by atoms with Crippen LogP contribution in [0.25, 0.3) is 0 Å². The van der Waals surface area contributed by atoms with Crippen molar-refractivity contribution in [1.29, 1.82) is 0 Å². The maximum Gasteiger partial charge on any atom is 0.314 e. The number of amides is 2. The Morgan fingerprint density at radius 3 is 2.50 bits per heavy atom. The van der Waals surface area contributed by atoms with Gasteiger partial charge in [0, 0.05) is 18.3 Å². The van der Waals surface area contributed by atoms with Gasteiger partial charge in [0.1, 0.15) is 0 Å². The predicted molar refractivity (Wildman–Crippen MR) is 63.7 cm³/mol. The molecule has 0 aromatic heterocycles. The number of rotatable bonds is 6. The molecule has 0 saturated heterocycles. The Morgan fingerprint density at radius 1 is 1.44 bits per heavy atom. The second kappa shape index (κ2) is 5.43. The van der Waals surface area contributed by atoms with Gasteiger partial charge in [0.2, 0.25) is 0 Å². The van der Waals surface area contributed by atoms with Crippen molar-refractivity contribution in [2.75, 3.05) is 19.3 Å². The standard InChI is InChI=1S/C10H18N2O3S/c1-7(16-2)5-11-9(15)12-6-10(3-4-10)8(13)14/h7H,3-6H2,1-2H3,(H,13,14)(H2,11,12,15). The minimum Gasteiger partial charge on any atom is -0.481 e. The fraction of sp³-hybridized carbons (Fsp3) is 0.800. The molecule has 1 aliphatic rings. The smallest absolute Gasteiger partial charge is 0.314 e. The van der Waals surface area contributed by atoms with E-state index in [-0.39, 0.29) is 12.6 Å². The molecule has 2 amide bonds. The van der Waals surface area contributed by atoms with Crippen molar-refractivity contribution in [3.05, 3.63) is 0 Å². The first-order valence-corrected chi connectivity index (χ1v) is 6.57. The summed E-state index contributed by atoms with van der Waals surface area (Å²) in [5, 5.41) is 14.6. The van der Waals surface area contributed by atoms with Gasteiger partial charge in [-0.05, 0) is 19.1 Å². The van der Waals surface area contributed by atoms with Crippen LogP contribution in [0, 0.1) is 5.41 Å². The second-order valence-corrected chi connectivity index (χ2v) is 5.47. The number of urea groups is 1. The van der Waals surface area contributed by atoms with E-state index in [0.717, 1.165) is 0 Å². The summed E-state index contributed by atoms with van der Waals surface area (Å²) in [6.07, 6.45) is 3.29. The molecule has 92 valence electrons. The van der Waals surface area contributed by atoms with E-state index in [1.54, 1.807) is 11.8 Å². The number of aliphatic carboxylic acids is 1. The monoisotopic (exact) mass is 246 g/mol. The van der Waals surface area contributed by atoms with Crippen molar-refractivity contribution >= 4 is 23.8 Å². The predicted octanol–water partition coefficient (Wildman–Crippen LogP) is 0.902. The van der Waals surface area contributed by atoms with Gasteiger partial charge in [-0.25, -0.2) is 4.79 Å². The molecule has 5 nitrogen and oxygen atoms in total. The van der Waals surface area contributed by atoms with E-state index >= 15 is 0 Å². The highest BCUT2D eigenvalue weighted by molar-refractivity contribution is 7.99. The van der Waals surface area contributed by atoms with Gasteiger partial charge < -0.3 is 15.7 Å². The van der Waals surface area contributed by atoms with Crippen LogP contribution >= 0.6 is 11.8 Å². The van der Waals surface area contributed by atoms with Crippen LogP contribution < -0.4 is 10.6 Å². The molecule has 0 aromatic carbocycles. The van der Waals surface area contributed by atoms with Gasteiger partial charge in [0.15, 0.2) is 0 Å². The van der Waals surface area contributed by atoms with E-state index in [2.05, 4.69) is 10.6 Å². The van der Waals surface area contributed by atoms with Gasteiger partial charge in [-0.15, -0.1) is 0 Å². The highest BCUT2D eigenvalue weighted by Crippen LogP contribution is 2.45. The fourth-order valence-electron chi connectivity index (χ4n) is 1.25. The average Bonchev–Trinajstić information content (AvgIpc) is 3.04. The molecule has 0 radical (unpaired) electrons. The Balaban J connectivity index is 2.18. The molecule has 1 unspecified atom stereocenters. The first kappa shape index (κ1) is 13.2. The van der Waals surface area contributed by atoms with Crippen molar-refractivity contribution in [1.82, 2.24) is 10.6 Å². The average molecular weight is 246 g/mol. The Labute approximate surface area is 99.4 Å². The van der Waals surface area contributed by atoms with Crippen molar-refractivity contribution in [3.8, 4) is 0 Å². The van der Waals surface area contributed by atoms with Gasteiger partial charge in [0.05, 0.1) is 5.41 Å². The highest BCUT2D eigenvalue weighted by Gasteiger charge is 2.50. The van der Waals surface area contributed by atoms with Crippen molar-refractivity contribution in [2.24, 2.45) is 5.41 Å². The first-order chi connectivity index (χ1) is 7.50.